The van der Waals surface area contributed by atoms with E-state index < -0.39 is 0 Å². The minimum atomic E-state index is 0.627. The molecule has 0 saturated carbocycles. The number of anilines is 1. The second kappa shape index (κ2) is 5.58. The van der Waals surface area contributed by atoms with Crippen molar-refractivity contribution in [3.63, 3.8) is 0 Å². The second-order valence-electron chi connectivity index (χ2n) is 4.27. The third-order valence-corrected chi connectivity index (χ3v) is 3.16. The predicted octanol–water partition coefficient (Wildman–Crippen LogP) is 2.35. The molecule has 1 aromatic carbocycles. The zero-order valence-corrected chi connectivity index (χ0v) is 10.9. The van der Waals surface area contributed by atoms with Crippen LogP contribution < -0.4 is 10.5 Å². The van der Waals surface area contributed by atoms with Crippen molar-refractivity contribution in [2.24, 2.45) is 0 Å². The molecule has 1 aromatic heterocycles. The van der Waals surface area contributed by atoms with Crippen molar-refractivity contribution in [1.82, 2.24) is 10.2 Å². The Morgan fingerprint density at radius 3 is 2.56 bits per heavy atom. The van der Waals surface area contributed by atoms with Gasteiger partial charge in [0.15, 0.2) is 0 Å². The van der Waals surface area contributed by atoms with Crippen molar-refractivity contribution in [2.45, 2.75) is 26.2 Å². The van der Waals surface area contributed by atoms with Crippen molar-refractivity contribution in [2.75, 3.05) is 12.8 Å². The smallest absolute Gasteiger partial charge is 0.148 e. The molecule has 2 aromatic rings. The minimum absolute atomic E-state index is 0.627. The summed E-state index contributed by atoms with van der Waals surface area (Å²) in [5, 5.41) is 7.08. The number of methoxy groups -OCH3 is 1. The first-order valence-electron chi connectivity index (χ1n) is 6.19. The monoisotopic (exact) mass is 245 g/mol. The molecule has 96 valence electrons. The number of benzene rings is 1. The fraction of sp³-hybridized carbons (Fsp3) is 0.357. The zero-order valence-electron chi connectivity index (χ0n) is 10.9. The van der Waals surface area contributed by atoms with Crippen molar-refractivity contribution in [1.29, 1.82) is 0 Å². The summed E-state index contributed by atoms with van der Waals surface area (Å²) in [4.78, 5) is 0. The van der Waals surface area contributed by atoms with E-state index in [1.54, 1.807) is 7.11 Å². The van der Waals surface area contributed by atoms with Gasteiger partial charge in [-0.05, 0) is 37.0 Å². The fourth-order valence-electron chi connectivity index (χ4n) is 2.08. The maximum absolute atomic E-state index is 5.80. The van der Waals surface area contributed by atoms with Gasteiger partial charge in [-0.3, -0.25) is 5.10 Å². The van der Waals surface area contributed by atoms with Gasteiger partial charge < -0.3 is 10.5 Å². The highest BCUT2D eigenvalue weighted by atomic mass is 16.5. The Kier molecular flexibility index (Phi) is 3.87. The number of hydrogen-bond acceptors (Lipinski definition) is 3. The first kappa shape index (κ1) is 12.5. The number of rotatable bonds is 5. The average Bonchev–Trinajstić information content (AvgIpc) is 2.77. The number of nitrogens with zero attached hydrogens (tertiary/aromatic N) is 1. The van der Waals surface area contributed by atoms with Gasteiger partial charge in [0.1, 0.15) is 11.6 Å². The highest BCUT2D eigenvalue weighted by Crippen LogP contribution is 2.17. The molecule has 2 rings (SSSR count). The Balaban J connectivity index is 2.02. The van der Waals surface area contributed by atoms with E-state index in [0.29, 0.717) is 5.82 Å². The van der Waals surface area contributed by atoms with Crippen molar-refractivity contribution in [3.8, 4) is 5.75 Å². The van der Waals surface area contributed by atoms with Crippen LogP contribution in [0.1, 0.15) is 23.7 Å². The fourth-order valence-corrected chi connectivity index (χ4v) is 2.08. The largest absolute Gasteiger partial charge is 0.497 e. The van der Waals surface area contributed by atoms with Crippen LogP contribution in [0.5, 0.6) is 5.75 Å². The Labute approximate surface area is 107 Å². The number of ether oxygens (including phenoxy) is 1. The zero-order chi connectivity index (χ0) is 13.0. The molecule has 0 aliphatic rings. The van der Waals surface area contributed by atoms with Gasteiger partial charge in [0.05, 0.1) is 7.11 Å². The van der Waals surface area contributed by atoms with Crippen LogP contribution in [-0.2, 0) is 19.3 Å². The van der Waals surface area contributed by atoms with Gasteiger partial charge in [-0.2, -0.15) is 5.10 Å². The normalized spacial score (nSPS) is 10.6. The van der Waals surface area contributed by atoms with E-state index in [1.165, 1.54) is 5.56 Å². The van der Waals surface area contributed by atoms with E-state index in [0.717, 1.165) is 36.3 Å². The summed E-state index contributed by atoms with van der Waals surface area (Å²) in [6.45, 7) is 2.10. The molecule has 0 unspecified atom stereocenters. The van der Waals surface area contributed by atoms with Gasteiger partial charge in [-0.1, -0.05) is 19.1 Å². The van der Waals surface area contributed by atoms with Crippen LogP contribution in [0, 0.1) is 0 Å². The Morgan fingerprint density at radius 1 is 1.22 bits per heavy atom. The lowest BCUT2D eigenvalue weighted by molar-refractivity contribution is 0.414. The summed E-state index contributed by atoms with van der Waals surface area (Å²) in [5.41, 5.74) is 9.37. The molecule has 0 spiro atoms. The molecule has 0 aliphatic carbocycles. The molecule has 0 fully saturated rings. The Bertz CT molecular complexity index is 502. The number of aryl methyl sites for hydroxylation is 2. The van der Waals surface area contributed by atoms with Crippen LogP contribution in [0.25, 0.3) is 0 Å². The maximum Gasteiger partial charge on any atom is 0.148 e. The van der Waals surface area contributed by atoms with E-state index in [9.17, 15) is 0 Å². The van der Waals surface area contributed by atoms with Gasteiger partial charge >= 0.3 is 0 Å². The SMILES string of the molecule is CCc1c(N)n[nH]c1CCc1ccc(OC)cc1. The molecule has 0 aliphatic heterocycles. The minimum Gasteiger partial charge on any atom is -0.497 e. The van der Waals surface area contributed by atoms with Gasteiger partial charge in [0.2, 0.25) is 0 Å². The molecule has 0 atom stereocenters. The van der Waals surface area contributed by atoms with Crippen LogP contribution in [0.2, 0.25) is 0 Å². The summed E-state index contributed by atoms with van der Waals surface area (Å²) in [5.74, 6) is 1.51. The molecule has 1 heterocycles. The third kappa shape index (κ3) is 2.64. The number of H-pyrrole nitrogens is 1. The van der Waals surface area contributed by atoms with Crippen LogP contribution in [-0.4, -0.2) is 17.3 Å². The first-order chi connectivity index (χ1) is 8.74. The van der Waals surface area contributed by atoms with Gasteiger partial charge in [-0.25, -0.2) is 0 Å². The van der Waals surface area contributed by atoms with Gasteiger partial charge in [-0.15, -0.1) is 0 Å². The third-order valence-electron chi connectivity index (χ3n) is 3.16. The Morgan fingerprint density at radius 2 is 1.94 bits per heavy atom. The molecule has 0 radical (unpaired) electrons. The molecule has 18 heavy (non-hydrogen) atoms. The number of nitrogens with one attached hydrogen (secondary N) is 1. The lowest BCUT2D eigenvalue weighted by Crippen LogP contribution is -1.97. The van der Waals surface area contributed by atoms with Crippen LogP contribution in [0.4, 0.5) is 5.82 Å². The molecule has 0 bridgehead atoms. The lowest BCUT2D eigenvalue weighted by atomic mass is 10.0. The van der Waals surface area contributed by atoms with E-state index in [4.69, 9.17) is 10.5 Å². The number of aromatic nitrogens is 2. The molecule has 0 amide bonds. The highest BCUT2D eigenvalue weighted by molar-refractivity contribution is 5.42. The van der Waals surface area contributed by atoms with E-state index >= 15 is 0 Å². The Hall–Kier alpha value is -1.97. The lowest BCUT2D eigenvalue weighted by Gasteiger charge is -2.04. The number of nitrogen functional groups attached to an aromatic ring is 1. The van der Waals surface area contributed by atoms with E-state index in [-0.39, 0.29) is 0 Å². The summed E-state index contributed by atoms with van der Waals surface area (Å²) < 4.78 is 5.14. The molecule has 0 saturated heterocycles. The highest BCUT2D eigenvalue weighted by Gasteiger charge is 2.08. The maximum atomic E-state index is 5.80. The molecular formula is C14H19N3O. The summed E-state index contributed by atoms with van der Waals surface area (Å²) in [6.07, 6.45) is 2.82. The molecule has 4 nitrogen and oxygen atoms in total. The topological polar surface area (TPSA) is 63.9 Å². The van der Waals surface area contributed by atoms with Crippen molar-refractivity contribution < 1.29 is 4.74 Å². The number of aromatic amines is 1. The average molecular weight is 245 g/mol. The van der Waals surface area contributed by atoms with Crippen LogP contribution >= 0.6 is 0 Å². The molecule has 4 heteroatoms. The number of nitrogens with two attached hydrogens (primary N) is 1. The van der Waals surface area contributed by atoms with Gasteiger partial charge in [0.25, 0.3) is 0 Å². The van der Waals surface area contributed by atoms with Crippen molar-refractivity contribution in [3.05, 3.63) is 41.1 Å². The second-order valence-corrected chi connectivity index (χ2v) is 4.27. The van der Waals surface area contributed by atoms with Crippen molar-refractivity contribution >= 4 is 5.82 Å². The van der Waals surface area contributed by atoms with Gasteiger partial charge in [0, 0.05) is 11.3 Å². The van der Waals surface area contributed by atoms with Crippen LogP contribution in [0.15, 0.2) is 24.3 Å². The summed E-state index contributed by atoms with van der Waals surface area (Å²) >= 11 is 0. The van der Waals surface area contributed by atoms with E-state index in [2.05, 4.69) is 29.3 Å². The quantitative estimate of drug-likeness (QED) is 0.849. The number of hydrogen-bond donors (Lipinski definition) is 2. The molecular weight excluding hydrogens is 226 g/mol. The standard InChI is InChI=1S/C14H19N3O/c1-3-12-13(16-17-14(12)15)9-6-10-4-7-11(18-2)8-5-10/h4-5,7-8H,3,6,9H2,1-2H3,(H3,15,16,17). The predicted molar refractivity (Wildman–Crippen MR) is 72.8 cm³/mol. The van der Waals surface area contributed by atoms with E-state index in [1.807, 2.05) is 12.1 Å². The summed E-state index contributed by atoms with van der Waals surface area (Å²) in [6, 6.07) is 8.14. The van der Waals surface area contributed by atoms with Crippen LogP contribution in [0.3, 0.4) is 0 Å². The summed E-state index contributed by atoms with van der Waals surface area (Å²) in [7, 11) is 1.68. The molecule has 3 N–H and O–H groups in total. The first-order valence-corrected chi connectivity index (χ1v) is 6.19.